The average molecular weight is 266 g/mol. The molecule has 0 aliphatic carbocycles. The van der Waals surface area contributed by atoms with Crippen molar-refractivity contribution in [3.05, 3.63) is 0 Å². The summed E-state index contributed by atoms with van der Waals surface area (Å²) in [5, 5.41) is 26.1. The molecule has 0 aromatic heterocycles. The second-order valence-corrected chi connectivity index (χ2v) is 4.20. The molecule has 0 aromatic rings. The van der Waals surface area contributed by atoms with Gasteiger partial charge in [0.05, 0.1) is 38.1 Å². The predicted octanol–water partition coefficient (Wildman–Crippen LogP) is 0.347. The van der Waals surface area contributed by atoms with E-state index in [-0.39, 0.29) is 31.9 Å². The molecule has 6 heteroatoms. The molecule has 0 aliphatic heterocycles. The van der Waals surface area contributed by atoms with Gasteiger partial charge in [-0.05, 0) is 13.0 Å². The largest absolute Gasteiger partial charge is 0.395 e. The molecule has 106 valence electrons. The van der Waals surface area contributed by atoms with Gasteiger partial charge in [0.25, 0.3) is 0 Å². The van der Waals surface area contributed by atoms with Gasteiger partial charge in [-0.15, -0.1) is 0 Å². The number of nitriles is 2. The molecule has 0 spiro atoms. The van der Waals surface area contributed by atoms with E-state index < -0.39 is 0 Å². The molecule has 0 aromatic carbocycles. The molecule has 1 N–H and O–H groups in total. The Morgan fingerprint density at radius 2 is 1.68 bits per heavy atom. The van der Waals surface area contributed by atoms with Crippen molar-refractivity contribution < 1.29 is 9.90 Å². The average Bonchev–Trinajstić information content (AvgIpc) is 2.39. The fourth-order valence-corrected chi connectivity index (χ4v) is 1.75. The van der Waals surface area contributed by atoms with Gasteiger partial charge >= 0.3 is 0 Å². The van der Waals surface area contributed by atoms with E-state index in [4.69, 9.17) is 15.6 Å². The van der Waals surface area contributed by atoms with Gasteiger partial charge in [0.15, 0.2) is 0 Å². The molecule has 0 atom stereocenters. The fourth-order valence-electron chi connectivity index (χ4n) is 1.75. The first-order valence-corrected chi connectivity index (χ1v) is 6.54. The molecule has 19 heavy (non-hydrogen) atoms. The molecule has 1 amide bonds. The van der Waals surface area contributed by atoms with E-state index in [2.05, 4.69) is 0 Å². The Morgan fingerprint density at radius 3 is 2.11 bits per heavy atom. The van der Waals surface area contributed by atoms with Gasteiger partial charge in [-0.25, -0.2) is 0 Å². The van der Waals surface area contributed by atoms with Crippen LogP contribution in [0.3, 0.4) is 0 Å². The van der Waals surface area contributed by atoms with Crippen LogP contribution < -0.4 is 0 Å². The van der Waals surface area contributed by atoms with Crippen molar-refractivity contribution >= 4 is 5.91 Å². The van der Waals surface area contributed by atoms with Gasteiger partial charge in [-0.3, -0.25) is 9.69 Å². The zero-order chi connectivity index (χ0) is 14.5. The van der Waals surface area contributed by atoms with Crippen LogP contribution >= 0.6 is 0 Å². The summed E-state index contributed by atoms with van der Waals surface area (Å²) in [5.74, 6) is -0.0904. The lowest BCUT2D eigenvalue weighted by molar-refractivity contribution is -0.132. The number of carbonyl (C=O) groups is 1. The van der Waals surface area contributed by atoms with Crippen molar-refractivity contribution in [3.63, 3.8) is 0 Å². The smallest absolute Gasteiger partial charge is 0.236 e. The Hall–Kier alpha value is -1.63. The minimum absolute atomic E-state index is 0.0175. The van der Waals surface area contributed by atoms with Gasteiger partial charge in [0.2, 0.25) is 5.91 Å². The summed E-state index contributed by atoms with van der Waals surface area (Å²) < 4.78 is 0. The predicted molar refractivity (Wildman–Crippen MR) is 70.9 cm³/mol. The lowest BCUT2D eigenvalue weighted by Gasteiger charge is -2.25. The molecule has 0 aliphatic rings. The summed E-state index contributed by atoms with van der Waals surface area (Å²) in [6.07, 6.45) is 1.44. The van der Waals surface area contributed by atoms with Crippen LogP contribution in [0.1, 0.15) is 26.2 Å². The zero-order valence-electron chi connectivity index (χ0n) is 11.5. The highest BCUT2D eigenvalue weighted by atomic mass is 16.3. The first kappa shape index (κ1) is 17.4. The molecular weight excluding hydrogens is 244 g/mol. The molecule has 0 radical (unpaired) electrons. The van der Waals surface area contributed by atoms with Crippen molar-refractivity contribution in [2.24, 2.45) is 0 Å². The summed E-state index contributed by atoms with van der Waals surface area (Å²) in [7, 11) is 0. The maximum atomic E-state index is 12.1. The van der Waals surface area contributed by atoms with Gasteiger partial charge in [0, 0.05) is 19.6 Å². The summed E-state index contributed by atoms with van der Waals surface area (Å²) in [4.78, 5) is 15.5. The molecule has 0 bridgehead atoms. The minimum Gasteiger partial charge on any atom is -0.395 e. The number of aliphatic hydroxyl groups excluding tert-OH is 1. The van der Waals surface area contributed by atoms with Crippen molar-refractivity contribution in [1.29, 1.82) is 10.5 Å². The monoisotopic (exact) mass is 266 g/mol. The normalized spacial score (nSPS) is 9.95. The third-order valence-electron chi connectivity index (χ3n) is 2.65. The highest BCUT2D eigenvalue weighted by Crippen LogP contribution is 1.99. The second-order valence-electron chi connectivity index (χ2n) is 4.20. The van der Waals surface area contributed by atoms with Gasteiger partial charge in [0.1, 0.15) is 0 Å². The summed E-state index contributed by atoms with van der Waals surface area (Å²) in [6.45, 7) is 4.18. The molecule has 0 rings (SSSR count). The number of nitrogens with zero attached hydrogens (tertiary/aromatic N) is 4. The Balaban J connectivity index is 4.41. The lowest BCUT2D eigenvalue weighted by Crippen LogP contribution is -2.42. The van der Waals surface area contributed by atoms with E-state index in [0.29, 0.717) is 19.6 Å². The van der Waals surface area contributed by atoms with Crippen LogP contribution in [0.15, 0.2) is 0 Å². The molecule has 0 unspecified atom stereocenters. The Labute approximate surface area is 114 Å². The standard InChI is InChI=1S/C13H22N4O2/c1-2-7-16(10-11-18)12-13(19)17(8-3-5-14)9-4-6-15/h18H,2-4,7-12H2,1H3. The summed E-state index contributed by atoms with van der Waals surface area (Å²) >= 11 is 0. The van der Waals surface area contributed by atoms with Crippen LogP contribution in [0.5, 0.6) is 0 Å². The van der Waals surface area contributed by atoms with E-state index >= 15 is 0 Å². The molecule has 0 heterocycles. The van der Waals surface area contributed by atoms with Crippen molar-refractivity contribution in [1.82, 2.24) is 9.80 Å². The van der Waals surface area contributed by atoms with E-state index in [1.165, 1.54) is 0 Å². The van der Waals surface area contributed by atoms with Crippen LogP contribution in [0.4, 0.5) is 0 Å². The van der Waals surface area contributed by atoms with Crippen molar-refractivity contribution in [2.45, 2.75) is 26.2 Å². The van der Waals surface area contributed by atoms with Crippen LogP contribution in [-0.2, 0) is 4.79 Å². The fraction of sp³-hybridized carbons (Fsp3) is 0.769. The number of hydrogen-bond acceptors (Lipinski definition) is 5. The molecular formula is C13H22N4O2. The molecule has 6 nitrogen and oxygen atoms in total. The topological polar surface area (TPSA) is 91.4 Å². The maximum absolute atomic E-state index is 12.1. The summed E-state index contributed by atoms with van der Waals surface area (Å²) in [6, 6.07) is 4.01. The van der Waals surface area contributed by atoms with E-state index in [1.54, 1.807) is 4.90 Å². The number of rotatable bonds is 10. The highest BCUT2D eigenvalue weighted by molar-refractivity contribution is 5.78. The Bertz CT molecular complexity index is 309. The van der Waals surface area contributed by atoms with Crippen LogP contribution in [0, 0.1) is 22.7 Å². The van der Waals surface area contributed by atoms with Crippen LogP contribution in [-0.4, -0.2) is 60.1 Å². The zero-order valence-corrected chi connectivity index (χ0v) is 11.5. The van der Waals surface area contributed by atoms with Crippen molar-refractivity contribution in [3.8, 4) is 12.1 Å². The third-order valence-corrected chi connectivity index (χ3v) is 2.65. The van der Waals surface area contributed by atoms with Crippen molar-refractivity contribution in [2.75, 3.05) is 39.3 Å². The molecule has 0 fully saturated rings. The quantitative estimate of drug-likeness (QED) is 0.616. The maximum Gasteiger partial charge on any atom is 0.236 e. The highest BCUT2D eigenvalue weighted by Gasteiger charge is 2.16. The Kier molecular flexibility index (Phi) is 10.5. The molecule has 0 saturated heterocycles. The number of amides is 1. The van der Waals surface area contributed by atoms with Crippen LogP contribution in [0.25, 0.3) is 0 Å². The SMILES string of the molecule is CCCN(CCO)CC(=O)N(CCC#N)CCC#N. The Morgan fingerprint density at radius 1 is 1.11 bits per heavy atom. The van der Waals surface area contributed by atoms with E-state index in [0.717, 1.165) is 13.0 Å². The lowest BCUT2D eigenvalue weighted by atomic mass is 10.3. The third kappa shape index (κ3) is 8.15. The van der Waals surface area contributed by atoms with Gasteiger partial charge in [-0.2, -0.15) is 10.5 Å². The second kappa shape index (κ2) is 11.5. The van der Waals surface area contributed by atoms with Gasteiger partial charge < -0.3 is 10.0 Å². The first-order valence-electron chi connectivity index (χ1n) is 6.54. The minimum atomic E-state index is -0.0904. The number of aliphatic hydroxyl groups is 1. The number of carbonyl (C=O) groups excluding carboxylic acids is 1. The van der Waals surface area contributed by atoms with Crippen LogP contribution in [0.2, 0.25) is 0 Å². The van der Waals surface area contributed by atoms with E-state index in [9.17, 15) is 4.79 Å². The first-order chi connectivity index (χ1) is 9.19. The molecule has 0 saturated carbocycles. The summed E-state index contributed by atoms with van der Waals surface area (Å²) in [5.41, 5.74) is 0. The van der Waals surface area contributed by atoms with E-state index in [1.807, 2.05) is 24.0 Å². The van der Waals surface area contributed by atoms with Gasteiger partial charge in [-0.1, -0.05) is 6.92 Å². The number of hydrogen-bond donors (Lipinski definition) is 1.